The van der Waals surface area contributed by atoms with Gasteiger partial charge in [-0.2, -0.15) is 0 Å². The highest BCUT2D eigenvalue weighted by atomic mass is 16.7. The maximum absolute atomic E-state index is 13.4. The Balaban J connectivity index is 1.81. The van der Waals surface area contributed by atoms with Crippen LogP contribution in [0.1, 0.15) is 0 Å². The summed E-state index contributed by atoms with van der Waals surface area (Å²) in [6.07, 6.45) is -6.76. The van der Waals surface area contributed by atoms with E-state index in [4.69, 9.17) is 28.1 Å². The minimum absolute atomic E-state index is 0.0535. The Hall–Kier alpha value is -3.75. The van der Waals surface area contributed by atoms with Crippen LogP contribution in [0, 0.1) is 0 Å². The first-order valence-electron chi connectivity index (χ1n) is 10.9. The average Bonchev–Trinajstić information content (AvgIpc) is 2.89. The third-order valence-corrected chi connectivity index (χ3v) is 6.05. The van der Waals surface area contributed by atoms with Crippen LogP contribution in [-0.2, 0) is 4.74 Å². The smallest absolute Gasteiger partial charge is 0.229 e. The molecule has 1 aliphatic rings. The van der Waals surface area contributed by atoms with Crippen LogP contribution in [0.15, 0.2) is 33.7 Å². The molecule has 2 aromatic carbocycles. The topological polar surface area (TPSA) is 198 Å². The highest BCUT2D eigenvalue weighted by Gasteiger charge is 2.45. The van der Waals surface area contributed by atoms with Crippen LogP contribution in [0.5, 0.6) is 34.5 Å². The van der Waals surface area contributed by atoms with Crippen molar-refractivity contribution in [3.63, 3.8) is 0 Å². The first-order valence-corrected chi connectivity index (χ1v) is 10.9. The first-order chi connectivity index (χ1) is 17.7. The molecule has 13 heteroatoms. The summed E-state index contributed by atoms with van der Waals surface area (Å²) < 4.78 is 32.1. The van der Waals surface area contributed by atoms with Crippen LogP contribution < -0.4 is 24.4 Å². The minimum Gasteiger partial charge on any atom is -0.504 e. The van der Waals surface area contributed by atoms with E-state index in [1.807, 2.05) is 0 Å². The molecule has 2 heterocycles. The summed E-state index contributed by atoms with van der Waals surface area (Å²) in [5, 5.41) is 60.5. The van der Waals surface area contributed by atoms with Crippen LogP contribution in [0.2, 0.25) is 0 Å². The number of benzene rings is 2. The predicted molar refractivity (Wildman–Crippen MR) is 125 cm³/mol. The maximum atomic E-state index is 13.4. The number of methoxy groups -OCH3 is 3. The van der Waals surface area contributed by atoms with Gasteiger partial charge in [-0.15, -0.1) is 0 Å². The van der Waals surface area contributed by atoms with E-state index in [1.165, 1.54) is 39.5 Å². The minimum atomic E-state index is -1.73. The van der Waals surface area contributed by atoms with Gasteiger partial charge in [0.15, 0.2) is 23.0 Å². The van der Waals surface area contributed by atoms with E-state index in [2.05, 4.69) is 0 Å². The van der Waals surface area contributed by atoms with Crippen LogP contribution in [0.3, 0.4) is 0 Å². The number of aromatic hydroxyl groups is 2. The molecule has 1 aromatic heterocycles. The molecule has 0 spiro atoms. The van der Waals surface area contributed by atoms with Crippen LogP contribution in [0.4, 0.5) is 0 Å². The van der Waals surface area contributed by atoms with Gasteiger partial charge in [-0.3, -0.25) is 4.79 Å². The number of fused-ring (bicyclic) bond motifs is 1. The fraction of sp³-hybridized carbons (Fsp3) is 0.375. The highest BCUT2D eigenvalue weighted by molar-refractivity contribution is 5.92. The molecule has 4 rings (SSSR count). The summed E-state index contributed by atoms with van der Waals surface area (Å²) in [4.78, 5) is 13.4. The molecule has 5 atom stereocenters. The van der Waals surface area contributed by atoms with E-state index in [1.54, 1.807) is 0 Å². The molecule has 0 radical (unpaired) electrons. The molecular weight excluding hydrogens is 496 g/mol. The number of phenolic OH excluding ortho intramolecular Hbond substituents is 2. The Labute approximate surface area is 209 Å². The molecule has 0 saturated carbocycles. The molecule has 13 nitrogen and oxygen atoms in total. The molecule has 37 heavy (non-hydrogen) atoms. The van der Waals surface area contributed by atoms with E-state index in [0.717, 1.165) is 6.26 Å². The summed E-state index contributed by atoms with van der Waals surface area (Å²) in [5.74, 6) is -1.17. The lowest BCUT2D eigenvalue weighted by Gasteiger charge is -2.39. The van der Waals surface area contributed by atoms with Crippen molar-refractivity contribution in [2.24, 2.45) is 0 Å². The van der Waals surface area contributed by atoms with Gasteiger partial charge in [-0.25, -0.2) is 0 Å². The number of hydrogen-bond donors (Lipinski definition) is 6. The molecule has 1 saturated heterocycles. The van der Waals surface area contributed by atoms with Gasteiger partial charge in [0.05, 0.1) is 33.5 Å². The fourth-order valence-electron chi connectivity index (χ4n) is 4.08. The summed E-state index contributed by atoms with van der Waals surface area (Å²) in [6.45, 7) is -0.674. The third kappa shape index (κ3) is 4.47. The number of ether oxygens (including phenoxy) is 5. The number of aliphatic hydroxyl groups is 4. The zero-order valence-corrected chi connectivity index (χ0v) is 19.9. The molecule has 0 amide bonds. The zero-order valence-electron chi connectivity index (χ0n) is 19.9. The third-order valence-electron chi connectivity index (χ3n) is 6.05. The SMILES string of the molecule is COc1cc(OC)c(-c2coc3cc(O[C@H]4O[C@@H](CO)[C@@H](O)[C@@H](O)[C@H]4O)c(OC)c(O)c3c2=O)cc1O. The standard InChI is InChI=1S/C24H26O13/c1-32-12-5-13(33-2)11(26)4-9(12)10-8-35-14-6-15(23(34-3)20(29)17(14)18(10)27)36-24-22(31)21(30)19(28)16(7-25)37-24/h4-6,8,16,19,21-22,24-26,28-31H,7H2,1-3H3/t16-,19+,21+,22+,24-/m0/s1. The van der Waals surface area contributed by atoms with Crippen molar-refractivity contribution in [3.8, 4) is 45.6 Å². The van der Waals surface area contributed by atoms with E-state index in [0.29, 0.717) is 0 Å². The van der Waals surface area contributed by atoms with Crippen molar-refractivity contribution < 1.29 is 58.7 Å². The Morgan fingerprint density at radius 1 is 0.865 bits per heavy atom. The van der Waals surface area contributed by atoms with Gasteiger partial charge in [0.1, 0.15) is 47.4 Å². The van der Waals surface area contributed by atoms with Gasteiger partial charge >= 0.3 is 0 Å². The summed E-state index contributed by atoms with van der Waals surface area (Å²) in [6, 6.07) is 3.83. The fourth-order valence-corrected chi connectivity index (χ4v) is 4.08. The van der Waals surface area contributed by atoms with Gasteiger partial charge in [0, 0.05) is 17.7 Å². The van der Waals surface area contributed by atoms with E-state index in [9.17, 15) is 35.4 Å². The predicted octanol–water partition coefficient (Wildman–Crippen LogP) is 0.0757. The molecule has 3 aromatic rings. The Bertz CT molecular complexity index is 1350. The number of phenols is 2. The second kappa shape index (κ2) is 10.3. The van der Waals surface area contributed by atoms with Crippen molar-refractivity contribution >= 4 is 11.0 Å². The molecular formula is C24H26O13. The van der Waals surface area contributed by atoms with E-state index in [-0.39, 0.29) is 50.8 Å². The van der Waals surface area contributed by atoms with Gasteiger partial charge in [0.2, 0.25) is 17.5 Å². The molecule has 200 valence electrons. The number of aliphatic hydroxyl groups excluding tert-OH is 4. The molecule has 1 aliphatic heterocycles. The Morgan fingerprint density at radius 2 is 1.57 bits per heavy atom. The van der Waals surface area contributed by atoms with Crippen molar-refractivity contribution in [1.29, 1.82) is 0 Å². The van der Waals surface area contributed by atoms with E-state index >= 15 is 0 Å². The largest absolute Gasteiger partial charge is 0.504 e. The number of hydrogen-bond acceptors (Lipinski definition) is 13. The quantitative estimate of drug-likeness (QED) is 0.244. The molecule has 0 unspecified atom stereocenters. The Morgan fingerprint density at radius 3 is 2.19 bits per heavy atom. The van der Waals surface area contributed by atoms with Crippen LogP contribution >= 0.6 is 0 Å². The lowest BCUT2D eigenvalue weighted by atomic mass is 9.99. The van der Waals surface area contributed by atoms with Crippen molar-refractivity contribution in [2.75, 3.05) is 27.9 Å². The second-order valence-electron chi connectivity index (χ2n) is 8.15. The Kier molecular flexibility index (Phi) is 7.34. The normalized spacial score (nSPS) is 23.6. The summed E-state index contributed by atoms with van der Waals surface area (Å²) in [5.41, 5.74) is -0.721. The van der Waals surface area contributed by atoms with Crippen LogP contribution in [-0.4, -0.2) is 89.3 Å². The van der Waals surface area contributed by atoms with Crippen LogP contribution in [0.25, 0.3) is 22.1 Å². The average molecular weight is 522 g/mol. The van der Waals surface area contributed by atoms with E-state index < -0.39 is 48.5 Å². The molecule has 6 N–H and O–H groups in total. The second-order valence-corrected chi connectivity index (χ2v) is 8.15. The van der Waals surface area contributed by atoms with Crippen molar-refractivity contribution in [2.45, 2.75) is 30.7 Å². The lowest BCUT2D eigenvalue weighted by Crippen LogP contribution is -2.60. The highest BCUT2D eigenvalue weighted by Crippen LogP contribution is 2.44. The lowest BCUT2D eigenvalue weighted by molar-refractivity contribution is -0.277. The first kappa shape index (κ1) is 26.3. The van der Waals surface area contributed by atoms with Gasteiger partial charge in [-0.05, 0) is 6.07 Å². The zero-order chi connectivity index (χ0) is 27.0. The molecule has 0 aliphatic carbocycles. The maximum Gasteiger partial charge on any atom is 0.229 e. The number of rotatable bonds is 7. The monoisotopic (exact) mass is 522 g/mol. The summed E-state index contributed by atoms with van der Waals surface area (Å²) in [7, 11) is 3.91. The van der Waals surface area contributed by atoms with Gasteiger partial charge in [-0.1, -0.05) is 0 Å². The van der Waals surface area contributed by atoms with Crippen molar-refractivity contribution in [3.05, 3.63) is 34.7 Å². The molecule has 1 fully saturated rings. The van der Waals surface area contributed by atoms with Gasteiger partial charge < -0.3 is 58.7 Å². The molecule has 0 bridgehead atoms. The van der Waals surface area contributed by atoms with Gasteiger partial charge in [0.25, 0.3) is 0 Å². The van der Waals surface area contributed by atoms with Crippen molar-refractivity contribution in [1.82, 2.24) is 0 Å². The summed E-state index contributed by atoms with van der Waals surface area (Å²) >= 11 is 0.